The Balaban J connectivity index is 0.749. The minimum absolute atomic E-state index is 0.0407. The first-order chi connectivity index (χ1) is 32.9. The van der Waals surface area contributed by atoms with Crippen LogP contribution < -0.4 is 18.9 Å². The zero-order valence-electron chi connectivity index (χ0n) is 37.3. The first kappa shape index (κ1) is 42.9. The molecule has 8 aliphatic rings. The van der Waals surface area contributed by atoms with Crippen molar-refractivity contribution in [1.29, 1.82) is 0 Å². The molecular weight excluding hydrogens is 833 g/mol. The van der Waals surface area contributed by atoms with Crippen LogP contribution in [0.15, 0.2) is 121 Å². The van der Waals surface area contributed by atoms with Crippen LogP contribution in [0.1, 0.15) is 90.4 Å². The molecule has 0 aromatic heterocycles. The number of hydrogen-bond acceptors (Lipinski definition) is 10. The number of fused-ring (bicyclic) bond motifs is 25. The van der Waals surface area contributed by atoms with Gasteiger partial charge in [-0.05, 0) is 68.8 Å². The molecule has 6 aliphatic carbocycles. The molecule has 10 nitrogen and oxygen atoms in total. The monoisotopic (exact) mass is 888 g/mol. The van der Waals surface area contributed by atoms with Gasteiger partial charge in [0, 0.05) is 45.9 Å². The Hall–Kier alpha value is -5.72. The normalized spacial score (nSPS) is 22.3. The van der Waals surface area contributed by atoms with E-state index >= 15 is 0 Å². The van der Waals surface area contributed by atoms with E-state index in [0.29, 0.717) is 106 Å². The van der Waals surface area contributed by atoms with E-state index in [1.165, 1.54) is 66.8 Å². The first-order valence-corrected chi connectivity index (χ1v) is 23.5. The van der Waals surface area contributed by atoms with E-state index in [1.807, 2.05) is 24.3 Å². The fraction of sp³-hybridized carbons (Fsp3) is 0.357. The highest BCUT2D eigenvalue weighted by Crippen LogP contribution is 2.61. The number of rotatable bonds is 0. The molecule has 2 aliphatic heterocycles. The van der Waals surface area contributed by atoms with Crippen molar-refractivity contribution in [1.82, 2.24) is 0 Å². The van der Waals surface area contributed by atoms with Crippen LogP contribution in [0.5, 0.6) is 23.0 Å². The first-order valence-electron chi connectivity index (χ1n) is 23.5. The van der Waals surface area contributed by atoms with E-state index in [2.05, 4.69) is 97.1 Å². The highest BCUT2D eigenvalue weighted by Gasteiger charge is 2.46. The minimum Gasteiger partial charge on any atom is -0.491 e. The minimum atomic E-state index is 0.0407. The molecule has 14 rings (SSSR count). The number of ether oxygens (including phenoxy) is 10. The van der Waals surface area contributed by atoms with Crippen LogP contribution in [0.2, 0.25) is 0 Å². The molecule has 0 fully saturated rings. The van der Waals surface area contributed by atoms with Crippen molar-refractivity contribution >= 4 is 0 Å². The average molecular weight is 889 g/mol. The largest absolute Gasteiger partial charge is 0.491 e. The van der Waals surface area contributed by atoms with Crippen LogP contribution in [0.25, 0.3) is 0 Å². The molecule has 6 aromatic carbocycles. The summed E-state index contributed by atoms with van der Waals surface area (Å²) in [5.74, 6) is 3.60. The van der Waals surface area contributed by atoms with Crippen LogP contribution in [0.4, 0.5) is 0 Å². The maximum absolute atomic E-state index is 6.54. The fourth-order valence-corrected chi connectivity index (χ4v) is 10.9. The van der Waals surface area contributed by atoms with E-state index in [9.17, 15) is 0 Å². The lowest BCUT2D eigenvalue weighted by atomic mass is 9.60. The van der Waals surface area contributed by atoms with Crippen molar-refractivity contribution in [3.05, 3.63) is 188 Å². The molecule has 0 amide bonds. The summed E-state index contributed by atoms with van der Waals surface area (Å²) < 4.78 is 61.7. The van der Waals surface area contributed by atoms with Gasteiger partial charge in [0.1, 0.15) is 49.4 Å². The van der Waals surface area contributed by atoms with E-state index in [-0.39, 0.29) is 23.7 Å². The molecule has 0 saturated carbocycles. The SMILES string of the molecule is c1ccc2c(c1)C1c3ccccc3C2c2c3ccc(c21)OCCOCCOCCOCCOc1ccc(c2c1C1c4ccccc4C2c2ccccc21)OCCOCCOCCOCCO3. The molecule has 0 unspecified atom stereocenters. The van der Waals surface area contributed by atoms with Gasteiger partial charge in [-0.3, -0.25) is 0 Å². The van der Waals surface area contributed by atoms with Crippen molar-refractivity contribution in [2.24, 2.45) is 0 Å². The van der Waals surface area contributed by atoms with Gasteiger partial charge in [0.15, 0.2) is 0 Å². The Kier molecular flexibility index (Phi) is 13.0. The van der Waals surface area contributed by atoms with Gasteiger partial charge >= 0.3 is 0 Å². The molecule has 0 atom stereocenters. The van der Waals surface area contributed by atoms with Crippen molar-refractivity contribution in [3.63, 3.8) is 0 Å². The molecule has 6 aromatic rings. The van der Waals surface area contributed by atoms with Crippen LogP contribution in [-0.2, 0) is 28.4 Å². The highest BCUT2D eigenvalue weighted by molar-refractivity contribution is 5.74. The van der Waals surface area contributed by atoms with Gasteiger partial charge in [0.2, 0.25) is 0 Å². The summed E-state index contributed by atoms with van der Waals surface area (Å²) in [7, 11) is 0. The topological polar surface area (TPSA) is 92.3 Å². The summed E-state index contributed by atoms with van der Waals surface area (Å²) in [6, 6.07) is 43.3. The summed E-state index contributed by atoms with van der Waals surface area (Å²) in [5.41, 5.74) is 15.2. The van der Waals surface area contributed by atoms with E-state index < -0.39 is 0 Å². The lowest BCUT2D eigenvalue weighted by Crippen LogP contribution is -2.29. The van der Waals surface area contributed by atoms with Crippen LogP contribution in [-0.4, -0.2) is 106 Å². The number of hydrogen-bond donors (Lipinski definition) is 0. The zero-order chi connectivity index (χ0) is 44.1. The van der Waals surface area contributed by atoms with Crippen molar-refractivity contribution in [3.8, 4) is 23.0 Å². The number of benzene rings is 6. The molecule has 340 valence electrons. The molecule has 0 saturated heterocycles. The predicted molar refractivity (Wildman–Crippen MR) is 249 cm³/mol. The van der Waals surface area contributed by atoms with Gasteiger partial charge in [-0.25, -0.2) is 0 Å². The van der Waals surface area contributed by atoms with Crippen molar-refractivity contribution < 1.29 is 47.4 Å². The molecule has 0 N–H and O–H groups in total. The summed E-state index contributed by atoms with van der Waals surface area (Å²) in [5, 5.41) is 0. The Bertz CT molecular complexity index is 2190. The second-order valence-electron chi connectivity index (χ2n) is 17.1. The quantitative estimate of drug-likeness (QED) is 0.138. The Labute approximate surface area is 386 Å². The second kappa shape index (κ2) is 20.0. The fourth-order valence-electron chi connectivity index (χ4n) is 10.9. The summed E-state index contributed by atoms with van der Waals surface area (Å²) in [4.78, 5) is 0. The van der Waals surface area contributed by atoms with Gasteiger partial charge < -0.3 is 47.4 Å². The van der Waals surface area contributed by atoms with Crippen LogP contribution in [0, 0.1) is 0 Å². The van der Waals surface area contributed by atoms with E-state index in [1.54, 1.807) is 0 Å². The Morgan fingerprint density at radius 1 is 0.212 bits per heavy atom. The van der Waals surface area contributed by atoms with E-state index in [0.717, 1.165) is 23.0 Å². The third kappa shape index (κ3) is 8.25. The van der Waals surface area contributed by atoms with Crippen molar-refractivity contribution in [2.45, 2.75) is 23.7 Å². The van der Waals surface area contributed by atoms with Gasteiger partial charge in [0.25, 0.3) is 0 Å². The summed E-state index contributed by atoms with van der Waals surface area (Å²) in [6.07, 6.45) is 0. The third-order valence-corrected chi connectivity index (χ3v) is 13.5. The summed E-state index contributed by atoms with van der Waals surface area (Å²) in [6.45, 7) is 7.13. The lowest BCUT2D eigenvalue weighted by Gasteiger charge is -2.43. The Morgan fingerprint density at radius 2 is 0.379 bits per heavy atom. The Morgan fingerprint density at radius 3 is 0.561 bits per heavy atom. The maximum atomic E-state index is 6.54. The van der Waals surface area contributed by atoms with Crippen LogP contribution in [0.3, 0.4) is 0 Å². The van der Waals surface area contributed by atoms with Gasteiger partial charge in [-0.1, -0.05) is 97.1 Å². The zero-order valence-corrected chi connectivity index (χ0v) is 37.3. The smallest absolute Gasteiger partial charge is 0.124 e. The van der Waals surface area contributed by atoms with E-state index in [4.69, 9.17) is 47.4 Å². The molecule has 2 heterocycles. The lowest BCUT2D eigenvalue weighted by molar-refractivity contribution is 0.00451. The molecule has 10 heteroatoms. The van der Waals surface area contributed by atoms with Crippen LogP contribution >= 0.6 is 0 Å². The molecular formula is C56H56O10. The molecule has 0 spiro atoms. The molecule has 0 radical (unpaired) electrons. The van der Waals surface area contributed by atoms with Gasteiger partial charge in [-0.2, -0.15) is 0 Å². The predicted octanol–water partition coefficient (Wildman–Crippen LogP) is 8.99. The molecule has 66 heavy (non-hydrogen) atoms. The van der Waals surface area contributed by atoms with Crippen molar-refractivity contribution in [2.75, 3.05) is 106 Å². The third-order valence-electron chi connectivity index (χ3n) is 13.5. The van der Waals surface area contributed by atoms with Gasteiger partial charge in [-0.15, -0.1) is 0 Å². The van der Waals surface area contributed by atoms with Gasteiger partial charge in [0.05, 0.1) is 79.3 Å². The highest BCUT2D eigenvalue weighted by atomic mass is 16.6. The summed E-state index contributed by atoms with van der Waals surface area (Å²) >= 11 is 0. The molecule has 8 bridgehead atoms. The standard InChI is InChI=1S/C56H56O10/c1-2-10-38-37(9-1)49-39-11-3-4-12-40(39)50(38)54-46-18-17-45(53(49)54)63-33-29-59-25-21-57-23-27-61-31-35-65-47-19-20-48(66-36-32-62-28-24-58-22-26-60-30-34-64-46)56-52-43-15-7-5-13-41(43)51(55(47)56)42-14-6-8-16-44(42)52/h1-20,49-52H,21-36H2. The maximum Gasteiger partial charge on any atom is 0.124 e. The average Bonchev–Trinajstić information content (AvgIpc) is 3.36. The second-order valence-corrected chi connectivity index (χ2v) is 17.1.